The summed E-state index contributed by atoms with van der Waals surface area (Å²) in [5, 5.41) is 12.0. The molecule has 2 aromatic carbocycles. The first-order valence-corrected chi connectivity index (χ1v) is 10.4. The fourth-order valence-corrected chi connectivity index (χ4v) is 4.68. The van der Waals surface area contributed by atoms with E-state index in [1.807, 2.05) is 36.4 Å². The van der Waals surface area contributed by atoms with Gasteiger partial charge in [0.2, 0.25) is 0 Å². The van der Waals surface area contributed by atoms with Crippen molar-refractivity contribution in [3.05, 3.63) is 64.8 Å². The molecule has 5 rings (SSSR count). The van der Waals surface area contributed by atoms with Crippen LogP contribution in [0.25, 0.3) is 10.9 Å². The number of piperidine rings is 1. The summed E-state index contributed by atoms with van der Waals surface area (Å²) in [5.74, 6) is -0.113. The van der Waals surface area contributed by atoms with E-state index >= 15 is 0 Å². The van der Waals surface area contributed by atoms with E-state index in [0.29, 0.717) is 31.0 Å². The van der Waals surface area contributed by atoms with Crippen LogP contribution in [0.5, 0.6) is 0 Å². The van der Waals surface area contributed by atoms with Crippen molar-refractivity contribution in [2.45, 2.75) is 37.5 Å². The maximum atomic E-state index is 12.9. The molecule has 3 atom stereocenters. The molecule has 2 fully saturated rings. The van der Waals surface area contributed by atoms with Crippen molar-refractivity contribution < 1.29 is 9.53 Å². The van der Waals surface area contributed by atoms with Gasteiger partial charge in [-0.25, -0.2) is 0 Å². The third-order valence-corrected chi connectivity index (χ3v) is 6.22. The molecule has 150 valence electrons. The van der Waals surface area contributed by atoms with Gasteiger partial charge in [-0.3, -0.25) is 14.8 Å². The Morgan fingerprint density at radius 1 is 1.14 bits per heavy atom. The summed E-state index contributed by atoms with van der Waals surface area (Å²) in [7, 11) is 0. The molecule has 1 amide bonds. The quantitative estimate of drug-likeness (QED) is 0.691. The number of H-pyrrole nitrogens is 1. The predicted octanol–water partition coefficient (Wildman–Crippen LogP) is 3.38. The van der Waals surface area contributed by atoms with E-state index in [1.54, 1.807) is 0 Å². The largest absolute Gasteiger partial charge is 0.378 e. The van der Waals surface area contributed by atoms with Crippen LogP contribution in [-0.4, -0.2) is 52.3 Å². The van der Waals surface area contributed by atoms with E-state index in [-0.39, 0.29) is 11.9 Å². The van der Waals surface area contributed by atoms with E-state index in [2.05, 4.69) is 32.5 Å². The van der Waals surface area contributed by atoms with Crippen molar-refractivity contribution in [3.63, 3.8) is 0 Å². The smallest absolute Gasteiger partial charge is 0.272 e. The van der Waals surface area contributed by atoms with Gasteiger partial charge >= 0.3 is 0 Å². The van der Waals surface area contributed by atoms with Gasteiger partial charge in [0, 0.05) is 35.1 Å². The van der Waals surface area contributed by atoms with Crippen molar-refractivity contribution in [1.82, 2.24) is 20.4 Å². The lowest BCUT2D eigenvalue weighted by molar-refractivity contribution is -0.0843. The fraction of sp³-hybridized carbons (Fsp3) is 0.364. The molecule has 2 bridgehead atoms. The minimum atomic E-state index is -0.113. The van der Waals surface area contributed by atoms with Crippen LogP contribution < -0.4 is 5.32 Å². The lowest BCUT2D eigenvalue weighted by Crippen LogP contribution is -2.60. The molecular weight excluding hydrogens is 388 g/mol. The van der Waals surface area contributed by atoms with Crippen LogP contribution in [0, 0.1) is 0 Å². The maximum Gasteiger partial charge on any atom is 0.272 e. The van der Waals surface area contributed by atoms with E-state index in [1.165, 1.54) is 5.56 Å². The van der Waals surface area contributed by atoms with Crippen LogP contribution in [0.1, 0.15) is 28.9 Å². The summed E-state index contributed by atoms with van der Waals surface area (Å²) in [6, 6.07) is 16.4. The summed E-state index contributed by atoms with van der Waals surface area (Å²) < 4.78 is 5.81. The topological polar surface area (TPSA) is 70.2 Å². The highest BCUT2D eigenvalue weighted by Crippen LogP contribution is 2.30. The van der Waals surface area contributed by atoms with Crippen molar-refractivity contribution in [2.24, 2.45) is 0 Å². The fourth-order valence-electron chi connectivity index (χ4n) is 4.56. The molecule has 0 aliphatic carbocycles. The van der Waals surface area contributed by atoms with Gasteiger partial charge in [-0.15, -0.1) is 0 Å². The number of hydrogen-bond donors (Lipinski definition) is 2. The zero-order valence-electron chi connectivity index (χ0n) is 16.0. The molecule has 29 heavy (non-hydrogen) atoms. The normalized spacial score (nSPS) is 24.5. The van der Waals surface area contributed by atoms with Gasteiger partial charge in [0.05, 0.1) is 18.7 Å². The number of fused-ring (bicyclic) bond motifs is 3. The predicted molar refractivity (Wildman–Crippen MR) is 112 cm³/mol. The molecule has 2 N–H and O–H groups in total. The molecule has 0 radical (unpaired) electrons. The number of amides is 1. The molecule has 3 aromatic rings. The number of aromatic amines is 1. The Labute approximate surface area is 174 Å². The van der Waals surface area contributed by atoms with E-state index in [0.717, 1.165) is 35.3 Å². The second kappa shape index (κ2) is 7.78. The van der Waals surface area contributed by atoms with Crippen LogP contribution in [0.3, 0.4) is 0 Å². The number of halogens is 1. The molecule has 1 unspecified atom stereocenters. The molecule has 2 saturated heterocycles. The lowest BCUT2D eigenvalue weighted by atomic mass is 9.89. The molecule has 0 spiro atoms. The Hall–Kier alpha value is -2.41. The monoisotopic (exact) mass is 410 g/mol. The Kier molecular flexibility index (Phi) is 4.99. The van der Waals surface area contributed by atoms with Crippen LogP contribution in [0.2, 0.25) is 5.02 Å². The first-order chi connectivity index (χ1) is 14.2. The van der Waals surface area contributed by atoms with Crippen molar-refractivity contribution in [3.8, 4) is 0 Å². The first kappa shape index (κ1) is 18.6. The van der Waals surface area contributed by atoms with E-state index in [9.17, 15) is 4.79 Å². The Bertz CT molecular complexity index is 1010. The SMILES string of the molecule is O=C(NC1C[C@H]2COC[C@@H](C1)N2Cc1ccc(Cl)cc1)c1n[nH]c2ccccc12. The van der Waals surface area contributed by atoms with Gasteiger partial charge in [0.15, 0.2) is 5.69 Å². The van der Waals surface area contributed by atoms with E-state index < -0.39 is 0 Å². The summed E-state index contributed by atoms with van der Waals surface area (Å²) >= 11 is 6.02. The van der Waals surface area contributed by atoms with Gasteiger partial charge in [-0.1, -0.05) is 41.9 Å². The summed E-state index contributed by atoms with van der Waals surface area (Å²) in [4.78, 5) is 15.4. The van der Waals surface area contributed by atoms with E-state index in [4.69, 9.17) is 16.3 Å². The zero-order valence-corrected chi connectivity index (χ0v) is 16.7. The minimum Gasteiger partial charge on any atom is -0.378 e. The molecule has 3 heterocycles. The van der Waals surface area contributed by atoms with Gasteiger partial charge in [0.25, 0.3) is 5.91 Å². The number of para-hydroxylation sites is 1. The number of aromatic nitrogens is 2. The molecule has 0 saturated carbocycles. The average Bonchev–Trinajstić information content (AvgIpc) is 3.14. The molecule has 7 heteroatoms. The number of morpholine rings is 1. The molecule has 2 aliphatic rings. The standard InChI is InChI=1S/C22H23ClN4O2/c23-15-7-5-14(6-8-15)11-27-17-9-16(10-18(27)13-29-12-17)24-22(28)21-19-3-1-2-4-20(19)25-26-21/h1-8,16-18H,9-13H2,(H,24,28)(H,25,26)/t16?,17-,18+. The van der Waals surface area contributed by atoms with Gasteiger partial charge in [-0.05, 0) is 36.6 Å². The van der Waals surface area contributed by atoms with Gasteiger partial charge in [0.1, 0.15) is 0 Å². The third-order valence-electron chi connectivity index (χ3n) is 5.97. The summed E-state index contributed by atoms with van der Waals surface area (Å²) in [6.45, 7) is 2.27. The molecule has 2 aliphatic heterocycles. The maximum absolute atomic E-state index is 12.9. The van der Waals surface area contributed by atoms with Crippen molar-refractivity contribution in [2.75, 3.05) is 13.2 Å². The number of carbonyl (C=O) groups excluding carboxylic acids is 1. The number of nitrogens with zero attached hydrogens (tertiary/aromatic N) is 2. The van der Waals surface area contributed by atoms with Crippen LogP contribution >= 0.6 is 11.6 Å². The molecular formula is C22H23ClN4O2. The van der Waals surface area contributed by atoms with Crippen LogP contribution in [0.15, 0.2) is 48.5 Å². The van der Waals surface area contributed by atoms with Gasteiger partial charge in [-0.2, -0.15) is 5.10 Å². The first-order valence-electron chi connectivity index (χ1n) is 9.99. The van der Waals surface area contributed by atoms with Crippen LogP contribution in [0.4, 0.5) is 0 Å². The minimum absolute atomic E-state index is 0.113. The number of benzene rings is 2. The lowest BCUT2D eigenvalue weighted by Gasteiger charge is -2.48. The average molecular weight is 411 g/mol. The molecule has 6 nitrogen and oxygen atoms in total. The van der Waals surface area contributed by atoms with Crippen molar-refractivity contribution >= 4 is 28.4 Å². The third kappa shape index (κ3) is 3.75. The summed E-state index contributed by atoms with van der Waals surface area (Å²) in [5.41, 5.74) is 2.59. The van der Waals surface area contributed by atoms with Gasteiger partial charge < -0.3 is 10.1 Å². The Morgan fingerprint density at radius 3 is 2.62 bits per heavy atom. The number of ether oxygens (including phenoxy) is 1. The number of rotatable bonds is 4. The summed E-state index contributed by atoms with van der Waals surface area (Å²) in [6.07, 6.45) is 1.75. The highest BCUT2D eigenvalue weighted by atomic mass is 35.5. The molecule has 1 aromatic heterocycles. The Morgan fingerprint density at radius 2 is 1.86 bits per heavy atom. The number of nitrogens with one attached hydrogen (secondary N) is 2. The van der Waals surface area contributed by atoms with Crippen LogP contribution in [-0.2, 0) is 11.3 Å². The highest BCUT2D eigenvalue weighted by Gasteiger charge is 2.39. The second-order valence-corrected chi connectivity index (χ2v) is 8.34. The van der Waals surface area contributed by atoms with Crippen molar-refractivity contribution in [1.29, 1.82) is 0 Å². The number of hydrogen-bond acceptors (Lipinski definition) is 4. The Balaban J connectivity index is 1.28. The number of carbonyl (C=O) groups is 1. The highest BCUT2D eigenvalue weighted by molar-refractivity contribution is 6.30. The zero-order chi connectivity index (χ0) is 19.8. The second-order valence-electron chi connectivity index (χ2n) is 7.90.